The van der Waals surface area contributed by atoms with Crippen LogP contribution in [0.1, 0.15) is 5.56 Å². The summed E-state index contributed by atoms with van der Waals surface area (Å²) in [7, 11) is -18.5. The van der Waals surface area contributed by atoms with E-state index in [1.54, 1.807) is 0 Å². The first-order chi connectivity index (χ1) is 31.3. The van der Waals surface area contributed by atoms with Crippen molar-refractivity contribution in [2.75, 3.05) is 23.0 Å². The fourth-order valence-electron chi connectivity index (χ4n) is 6.66. The molecule has 29 heteroatoms. The number of amides is 1. The second kappa shape index (κ2) is 17.4. The number of nitrogens with one attached hydrogen (secondary N) is 2. The van der Waals surface area contributed by atoms with E-state index in [1.165, 1.54) is 68.6 Å². The summed E-state index contributed by atoms with van der Waals surface area (Å²) in [6.45, 7) is 1.50. The van der Waals surface area contributed by atoms with Crippen molar-refractivity contribution in [3.8, 4) is 11.5 Å². The Kier molecular flexibility index (Phi) is 12.3. The number of carbonyl (C=O) groups excluding carboxylic acids is 1. The minimum atomic E-state index is -5.13. The number of carbonyl (C=O) groups is 2. The molecule has 1 aliphatic heterocycles. The number of hydrogen-bond donors (Lipinski definition) is 8. The molecular formula is C38H30N8O17S4. The fraction of sp³-hybridized carbons (Fsp3) is 0.0789. The molecule has 0 spiro atoms. The van der Waals surface area contributed by atoms with Crippen LogP contribution in [0.4, 0.5) is 34.1 Å². The van der Waals surface area contributed by atoms with Crippen LogP contribution in [0.2, 0.25) is 0 Å². The van der Waals surface area contributed by atoms with Crippen molar-refractivity contribution in [3.05, 3.63) is 96.6 Å². The number of hydrazine groups is 1. The summed E-state index contributed by atoms with van der Waals surface area (Å²) in [6.07, 6.45) is 0. The number of carboxylic acids is 1. The largest absolute Gasteiger partial charge is 0.505 e. The SMILES string of the molecule is COc1cc(/N=N/c2cc(S(=O)(=O)O)c3ccccc3c2S(=O)(=O)O)c(C)cc1NNc1c(S(=O)(=O)O)cc2cc(/N=N/C3C(=O)N(c4ccc(S(=O)(=O)O)cc4)N=C3C(=O)O)ccc2c1O. The Labute approximate surface area is 377 Å². The van der Waals surface area contributed by atoms with Gasteiger partial charge in [-0.25, -0.2) is 4.79 Å². The maximum absolute atomic E-state index is 13.2. The standard InChI is InChI=1S/C38H30N8O17S4/c1-18-13-27(29(63-2)16-26(18)40-42-28-17-30(65(54,55)56)24-5-3-4-6-25(24)36(28)67(60,61)62)41-43-32-31(66(57,58)59)15-19-14-20(7-12-23(19)35(32)47)39-44-33-34(38(49)50)45-46(37(33)48)21-8-10-22(11-9-21)64(51,52)53/h3-17,33,41,43,47H,1-2H3,(H,49,50)(H,51,52,53)(H,54,55,56)(H,57,58,59)(H,60,61,62)/b42-40+,44-39+. The lowest BCUT2D eigenvalue weighted by molar-refractivity contribution is -0.130. The van der Waals surface area contributed by atoms with Crippen molar-refractivity contribution in [1.29, 1.82) is 0 Å². The van der Waals surface area contributed by atoms with Gasteiger partial charge in [0.2, 0.25) is 6.04 Å². The Morgan fingerprint density at radius 3 is 1.96 bits per heavy atom. The number of methoxy groups -OCH3 is 1. The average Bonchev–Trinajstić information content (AvgIpc) is 3.58. The van der Waals surface area contributed by atoms with E-state index in [0.29, 0.717) is 11.1 Å². The van der Waals surface area contributed by atoms with E-state index in [0.717, 1.165) is 30.3 Å². The Balaban J connectivity index is 1.17. The quantitative estimate of drug-likeness (QED) is 0.0277. The molecule has 6 aromatic carbocycles. The van der Waals surface area contributed by atoms with Crippen molar-refractivity contribution >= 4 is 114 Å². The minimum Gasteiger partial charge on any atom is -0.505 e. The highest BCUT2D eigenvalue weighted by molar-refractivity contribution is 7.87. The smallest absolute Gasteiger partial charge is 0.355 e. The van der Waals surface area contributed by atoms with E-state index < -0.39 is 101 Å². The third kappa shape index (κ3) is 9.59. The maximum atomic E-state index is 13.2. The van der Waals surface area contributed by atoms with Gasteiger partial charge in [0.25, 0.3) is 46.4 Å². The van der Waals surface area contributed by atoms with Crippen LogP contribution in [0.25, 0.3) is 21.5 Å². The highest BCUT2D eigenvalue weighted by atomic mass is 32.2. The van der Waals surface area contributed by atoms with Gasteiger partial charge in [-0.15, -0.1) is 5.11 Å². The first-order valence-corrected chi connectivity index (χ1v) is 24.1. The number of anilines is 3. The summed E-state index contributed by atoms with van der Waals surface area (Å²) in [5, 5.41) is 40.6. The first kappa shape index (κ1) is 47.5. The highest BCUT2D eigenvalue weighted by Crippen LogP contribution is 2.42. The number of aliphatic carboxylic acids is 1. The number of azo groups is 2. The number of aromatic hydroxyl groups is 1. The number of phenols is 1. The van der Waals surface area contributed by atoms with Gasteiger partial charge < -0.3 is 14.9 Å². The number of hydrazone groups is 1. The van der Waals surface area contributed by atoms with Crippen LogP contribution < -0.4 is 20.6 Å². The normalized spacial score (nSPS) is 14.9. The van der Waals surface area contributed by atoms with E-state index in [-0.39, 0.29) is 55.6 Å². The molecule has 6 aromatic rings. The van der Waals surface area contributed by atoms with E-state index in [9.17, 15) is 71.7 Å². The van der Waals surface area contributed by atoms with Crippen LogP contribution in [-0.4, -0.2) is 92.8 Å². The molecule has 0 radical (unpaired) electrons. The Morgan fingerprint density at radius 1 is 0.716 bits per heavy atom. The third-order valence-corrected chi connectivity index (χ3v) is 13.3. The predicted molar refractivity (Wildman–Crippen MR) is 235 cm³/mol. The highest BCUT2D eigenvalue weighted by Gasteiger charge is 2.41. The lowest BCUT2D eigenvalue weighted by atomic mass is 10.1. The van der Waals surface area contributed by atoms with Crippen molar-refractivity contribution in [3.63, 3.8) is 0 Å². The molecule has 1 amide bonds. The number of aryl methyl sites for hydroxylation is 1. The minimum absolute atomic E-state index is 0.000430. The maximum Gasteiger partial charge on any atom is 0.355 e. The van der Waals surface area contributed by atoms with Gasteiger partial charge in [-0.1, -0.05) is 24.3 Å². The van der Waals surface area contributed by atoms with Crippen molar-refractivity contribution in [2.24, 2.45) is 25.6 Å². The number of benzene rings is 6. The third-order valence-electron chi connectivity index (χ3n) is 9.71. The number of fused-ring (bicyclic) bond motifs is 2. The van der Waals surface area contributed by atoms with Gasteiger partial charge in [-0.2, -0.15) is 59.1 Å². The summed E-state index contributed by atoms with van der Waals surface area (Å²) in [4.78, 5) is 22.3. The number of carboxylic acid groups (broad SMARTS) is 1. The van der Waals surface area contributed by atoms with E-state index in [2.05, 4.69) is 36.4 Å². The van der Waals surface area contributed by atoms with Crippen molar-refractivity contribution in [2.45, 2.75) is 32.5 Å². The van der Waals surface area contributed by atoms with Crippen LogP contribution in [-0.2, 0) is 50.1 Å². The summed E-state index contributed by atoms with van der Waals surface area (Å²) in [6, 6.07) is 15.4. The predicted octanol–water partition coefficient (Wildman–Crippen LogP) is 5.80. The van der Waals surface area contributed by atoms with Gasteiger partial charge in [0, 0.05) is 22.2 Å². The number of rotatable bonds is 14. The van der Waals surface area contributed by atoms with Crippen LogP contribution in [0.5, 0.6) is 11.5 Å². The van der Waals surface area contributed by atoms with Crippen LogP contribution in [0.15, 0.2) is 136 Å². The average molecular weight is 999 g/mol. The van der Waals surface area contributed by atoms with E-state index in [4.69, 9.17) is 4.74 Å². The molecule has 348 valence electrons. The van der Waals surface area contributed by atoms with Crippen molar-refractivity contribution in [1.82, 2.24) is 0 Å². The monoisotopic (exact) mass is 998 g/mol. The van der Waals surface area contributed by atoms with Gasteiger partial charge in [-0.05, 0) is 78.5 Å². The Morgan fingerprint density at radius 2 is 1.36 bits per heavy atom. The molecule has 0 aromatic heterocycles. The molecule has 1 heterocycles. The molecule has 0 fully saturated rings. The molecule has 1 aliphatic rings. The molecule has 7 rings (SSSR count). The summed E-state index contributed by atoms with van der Waals surface area (Å²) in [5.74, 6) is -3.41. The lowest BCUT2D eigenvalue weighted by Crippen LogP contribution is -2.33. The molecule has 0 saturated carbocycles. The molecule has 0 saturated heterocycles. The first-order valence-electron chi connectivity index (χ1n) is 18.3. The molecule has 8 N–H and O–H groups in total. The topological polar surface area (TPSA) is 390 Å². The fourth-order valence-corrected chi connectivity index (χ4v) is 9.36. The molecule has 1 unspecified atom stereocenters. The van der Waals surface area contributed by atoms with Gasteiger partial charge in [0.15, 0.2) is 5.71 Å². The lowest BCUT2D eigenvalue weighted by Gasteiger charge is -2.18. The van der Waals surface area contributed by atoms with Crippen LogP contribution in [0, 0.1) is 6.92 Å². The van der Waals surface area contributed by atoms with Gasteiger partial charge >= 0.3 is 5.97 Å². The number of ether oxygens (including phenoxy) is 1. The zero-order valence-corrected chi connectivity index (χ0v) is 37.0. The van der Waals surface area contributed by atoms with Gasteiger partial charge in [0.1, 0.15) is 37.6 Å². The molecule has 0 bridgehead atoms. The summed E-state index contributed by atoms with van der Waals surface area (Å²) < 4.78 is 143. The molecular weight excluding hydrogens is 969 g/mol. The molecule has 0 aliphatic carbocycles. The molecule has 25 nitrogen and oxygen atoms in total. The zero-order chi connectivity index (χ0) is 49.0. The molecule has 1 atom stereocenters. The second-order valence-electron chi connectivity index (χ2n) is 14.0. The van der Waals surface area contributed by atoms with Crippen LogP contribution in [0.3, 0.4) is 0 Å². The van der Waals surface area contributed by atoms with Gasteiger partial charge in [-0.3, -0.25) is 33.9 Å². The van der Waals surface area contributed by atoms with Crippen LogP contribution >= 0.6 is 0 Å². The van der Waals surface area contributed by atoms with E-state index in [1.807, 2.05) is 0 Å². The number of nitrogens with zero attached hydrogens (tertiary/aromatic N) is 6. The van der Waals surface area contributed by atoms with Gasteiger partial charge in [0.05, 0.1) is 34.8 Å². The number of phenolic OH excluding ortho intramolecular Hbond substituents is 1. The Hall–Kier alpha value is -7.51. The van der Waals surface area contributed by atoms with E-state index >= 15 is 0 Å². The summed E-state index contributed by atoms with van der Waals surface area (Å²) in [5.41, 5.74) is 3.37. The number of hydrogen-bond acceptors (Lipinski definition) is 19. The molecule has 67 heavy (non-hydrogen) atoms. The second-order valence-corrected chi connectivity index (χ2v) is 19.6. The summed E-state index contributed by atoms with van der Waals surface area (Å²) >= 11 is 0. The van der Waals surface area contributed by atoms with Crippen molar-refractivity contribution < 1.29 is 76.4 Å². The Bertz CT molecular complexity index is 3660. The zero-order valence-electron chi connectivity index (χ0n) is 33.7.